The number of nitrogens with zero attached hydrogens (tertiary/aromatic N) is 1. The molecule has 16 heavy (non-hydrogen) atoms. The van der Waals surface area contributed by atoms with Crippen LogP contribution in [-0.2, 0) is 9.53 Å². The molecule has 0 aromatic heterocycles. The topological polar surface area (TPSA) is 53.6 Å². The molecule has 2 N–H and O–H groups in total. The molecule has 1 fully saturated rings. The maximum atomic E-state index is 11.3. The molecule has 0 radical (unpaired) electrons. The zero-order valence-corrected chi connectivity index (χ0v) is 10.1. The summed E-state index contributed by atoms with van der Waals surface area (Å²) in [4.78, 5) is 13.6. The lowest BCUT2D eigenvalue weighted by Crippen LogP contribution is -2.38. The van der Waals surface area contributed by atoms with Gasteiger partial charge in [0.2, 0.25) is 5.91 Å². The van der Waals surface area contributed by atoms with Crippen LogP contribution in [0.2, 0.25) is 0 Å². The van der Waals surface area contributed by atoms with Crippen molar-refractivity contribution >= 4 is 5.91 Å². The minimum Gasteiger partial charge on any atom is -0.379 e. The second-order valence-corrected chi connectivity index (χ2v) is 4.01. The van der Waals surface area contributed by atoms with Crippen LogP contribution in [0.1, 0.15) is 12.8 Å². The molecule has 1 heterocycles. The highest BCUT2D eigenvalue weighted by atomic mass is 16.5. The summed E-state index contributed by atoms with van der Waals surface area (Å²) < 4.78 is 5.27. The highest BCUT2D eigenvalue weighted by Crippen LogP contribution is 1.97. The van der Waals surface area contributed by atoms with E-state index in [4.69, 9.17) is 4.74 Å². The summed E-state index contributed by atoms with van der Waals surface area (Å²) in [5.74, 6) is 0.135. The molecule has 5 heteroatoms. The van der Waals surface area contributed by atoms with Crippen LogP contribution in [0.5, 0.6) is 0 Å². The quantitative estimate of drug-likeness (QED) is 0.574. The fourth-order valence-corrected chi connectivity index (χ4v) is 1.68. The summed E-state index contributed by atoms with van der Waals surface area (Å²) in [6.07, 6.45) is 1.58. The van der Waals surface area contributed by atoms with Gasteiger partial charge in [-0.1, -0.05) is 0 Å². The van der Waals surface area contributed by atoms with Gasteiger partial charge >= 0.3 is 0 Å². The Kier molecular flexibility index (Phi) is 7.12. The van der Waals surface area contributed by atoms with Gasteiger partial charge in [0.1, 0.15) is 0 Å². The van der Waals surface area contributed by atoms with E-state index in [0.717, 1.165) is 52.4 Å². The Morgan fingerprint density at radius 3 is 2.75 bits per heavy atom. The third-order valence-corrected chi connectivity index (χ3v) is 2.68. The number of morpholine rings is 1. The first-order chi connectivity index (χ1) is 7.83. The van der Waals surface area contributed by atoms with Gasteiger partial charge in [0.05, 0.1) is 13.2 Å². The molecule has 0 aromatic rings. The van der Waals surface area contributed by atoms with Gasteiger partial charge in [0, 0.05) is 32.6 Å². The number of amides is 1. The number of carbonyl (C=O) groups is 1. The van der Waals surface area contributed by atoms with Crippen molar-refractivity contribution in [3.63, 3.8) is 0 Å². The summed E-state index contributed by atoms with van der Waals surface area (Å²) >= 11 is 0. The first-order valence-corrected chi connectivity index (χ1v) is 6.04. The Hall–Kier alpha value is -0.650. The number of ether oxygens (including phenoxy) is 1. The molecule has 1 rings (SSSR count). The highest BCUT2D eigenvalue weighted by molar-refractivity contribution is 5.75. The Bertz CT molecular complexity index is 194. The van der Waals surface area contributed by atoms with Crippen molar-refractivity contribution < 1.29 is 9.53 Å². The van der Waals surface area contributed by atoms with E-state index in [0.29, 0.717) is 6.42 Å². The van der Waals surface area contributed by atoms with Gasteiger partial charge in [0.15, 0.2) is 0 Å². The molecule has 1 saturated heterocycles. The van der Waals surface area contributed by atoms with Crippen LogP contribution in [0.25, 0.3) is 0 Å². The van der Waals surface area contributed by atoms with E-state index < -0.39 is 0 Å². The molecule has 0 bridgehead atoms. The molecule has 0 aromatic carbocycles. The van der Waals surface area contributed by atoms with Gasteiger partial charge in [-0.3, -0.25) is 9.69 Å². The molecule has 0 saturated carbocycles. The maximum absolute atomic E-state index is 11.3. The molecule has 94 valence electrons. The maximum Gasteiger partial charge on any atom is 0.221 e. The Morgan fingerprint density at radius 1 is 1.31 bits per heavy atom. The van der Waals surface area contributed by atoms with Crippen LogP contribution in [0, 0.1) is 0 Å². The van der Waals surface area contributed by atoms with Gasteiger partial charge < -0.3 is 15.4 Å². The average molecular weight is 229 g/mol. The molecular formula is C11H23N3O2. The Labute approximate surface area is 97.5 Å². The molecule has 1 amide bonds. The van der Waals surface area contributed by atoms with Gasteiger partial charge in [0.25, 0.3) is 0 Å². The largest absolute Gasteiger partial charge is 0.379 e. The first-order valence-electron chi connectivity index (χ1n) is 6.04. The van der Waals surface area contributed by atoms with Crippen molar-refractivity contribution in [1.82, 2.24) is 15.5 Å². The Morgan fingerprint density at radius 2 is 2.06 bits per heavy atom. The van der Waals surface area contributed by atoms with Crippen LogP contribution in [0.15, 0.2) is 0 Å². The molecule has 1 aliphatic heterocycles. The lowest BCUT2D eigenvalue weighted by atomic mass is 10.3. The second kappa shape index (κ2) is 8.50. The fraction of sp³-hybridized carbons (Fsp3) is 0.909. The van der Waals surface area contributed by atoms with E-state index in [1.54, 1.807) is 0 Å². The van der Waals surface area contributed by atoms with E-state index in [2.05, 4.69) is 15.5 Å². The minimum atomic E-state index is 0.135. The van der Waals surface area contributed by atoms with Gasteiger partial charge in [-0.25, -0.2) is 0 Å². The molecule has 0 spiro atoms. The monoisotopic (exact) mass is 229 g/mol. The van der Waals surface area contributed by atoms with E-state index >= 15 is 0 Å². The van der Waals surface area contributed by atoms with Crippen LogP contribution in [0.4, 0.5) is 0 Å². The molecule has 5 nitrogen and oxygen atoms in total. The third kappa shape index (κ3) is 6.05. The Balaban J connectivity index is 1.92. The number of rotatable bonds is 7. The van der Waals surface area contributed by atoms with Crippen molar-refractivity contribution in [3.05, 3.63) is 0 Å². The van der Waals surface area contributed by atoms with Crippen molar-refractivity contribution in [2.45, 2.75) is 12.8 Å². The second-order valence-electron chi connectivity index (χ2n) is 4.01. The first kappa shape index (κ1) is 13.4. The summed E-state index contributed by atoms with van der Waals surface area (Å²) in [5.41, 5.74) is 0. The molecule has 0 aliphatic carbocycles. The van der Waals surface area contributed by atoms with Crippen LogP contribution >= 0.6 is 0 Å². The molecule has 0 unspecified atom stereocenters. The van der Waals surface area contributed by atoms with Crippen LogP contribution < -0.4 is 10.6 Å². The molecule has 1 aliphatic rings. The average Bonchev–Trinajstić information content (AvgIpc) is 2.33. The summed E-state index contributed by atoms with van der Waals surface area (Å²) in [6, 6.07) is 0. The number of hydrogen-bond acceptors (Lipinski definition) is 4. The smallest absolute Gasteiger partial charge is 0.221 e. The van der Waals surface area contributed by atoms with Crippen LogP contribution in [0.3, 0.4) is 0 Å². The SMILES string of the molecule is CNCCC(=O)NCCCN1CCOCC1. The molecular weight excluding hydrogens is 206 g/mol. The number of carbonyl (C=O) groups excluding carboxylic acids is 1. The van der Waals surface area contributed by atoms with E-state index in [1.165, 1.54) is 0 Å². The highest BCUT2D eigenvalue weighted by Gasteiger charge is 2.09. The lowest BCUT2D eigenvalue weighted by molar-refractivity contribution is -0.121. The van der Waals surface area contributed by atoms with Crippen molar-refractivity contribution in [1.29, 1.82) is 0 Å². The molecule has 0 atom stereocenters. The zero-order chi connectivity index (χ0) is 11.6. The predicted octanol–water partition coefficient (Wildman–Crippen LogP) is -0.566. The van der Waals surface area contributed by atoms with Crippen molar-refractivity contribution in [2.24, 2.45) is 0 Å². The van der Waals surface area contributed by atoms with E-state index in [9.17, 15) is 4.79 Å². The standard InChI is InChI=1S/C11H23N3O2/c1-12-5-3-11(15)13-4-2-6-14-7-9-16-10-8-14/h12H,2-10H2,1H3,(H,13,15). The van der Waals surface area contributed by atoms with E-state index in [1.807, 2.05) is 7.05 Å². The van der Waals surface area contributed by atoms with Crippen molar-refractivity contribution in [2.75, 3.05) is 53.0 Å². The van der Waals surface area contributed by atoms with E-state index in [-0.39, 0.29) is 5.91 Å². The number of nitrogens with one attached hydrogen (secondary N) is 2. The van der Waals surface area contributed by atoms with Gasteiger partial charge in [-0.2, -0.15) is 0 Å². The fourth-order valence-electron chi connectivity index (χ4n) is 1.68. The minimum absolute atomic E-state index is 0.135. The lowest BCUT2D eigenvalue weighted by Gasteiger charge is -2.26. The van der Waals surface area contributed by atoms with Crippen LogP contribution in [-0.4, -0.2) is 63.8 Å². The van der Waals surface area contributed by atoms with Crippen molar-refractivity contribution in [3.8, 4) is 0 Å². The summed E-state index contributed by atoms with van der Waals surface area (Å²) in [5, 5.41) is 5.88. The van der Waals surface area contributed by atoms with Gasteiger partial charge in [-0.05, 0) is 20.0 Å². The summed E-state index contributed by atoms with van der Waals surface area (Å²) in [6.45, 7) is 6.30. The van der Waals surface area contributed by atoms with Gasteiger partial charge in [-0.15, -0.1) is 0 Å². The third-order valence-electron chi connectivity index (χ3n) is 2.68. The predicted molar refractivity (Wildman–Crippen MR) is 63.4 cm³/mol. The normalized spacial score (nSPS) is 17.3. The number of hydrogen-bond donors (Lipinski definition) is 2. The summed E-state index contributed by atoms with van der Waals surface area (Å²) in [7, 11) is 1.85. The zero-order valence-electron chi connectivity index (χ0n) is 10.1.